The van der Waals surface area contributed by atoms with Crippen molar-refractivity contribution in [3.05, 3.63) is 71.5 Å². The number of anilines is 2. The van der Waals surface area contributed by atoms with E-state index in [9.17, 15) is 4.79 Å². The second-order valence-electron chi connectivity index (χ2n) is 7.88. The van der Waals surface area contributed by atoms with Gasteiger partial charge in [0.1, 0.15) is 17.7 Å². The van der Waals surface area contributed by atoms with Gasteiger partial charge in [0.05, 0.1) is 26.0 Å². The molecule has 1 fully saturated rings. The van der Waals surface area contributed by atoms with Gasteiger partial charge in [0, 0.05) is 12.2 Å². The van der Waals surface area contributed by atoms with E-state index in [1.54, 1.807) is 12.0 Å². The summed E-state index contributed by atoms with van der Waals surface area (Å²) in [6.45, 7) is 5.20. The second kappa shape index (κ2) is 10.3. The van der Waals surface area contributed by atoms with Crippen LogP contribution in [0.2, 0.25) is 0 Å². The number of morpholine rings is 1. The first-order valence-electron chi connectivity index (χ1n) is 10.9. The van der Waals surface area contributed by atoms with Gasteiger partial charge in [0.15, 0.2) is 18.1 Å². The van der Waals surface area contributed by atoms with E-state index in [1.165, 1.54) is 0 Å². The number of aromatic nitrogens is 2. The fourth-order valence-corrected chi connectivity index (χ4v) is 3.62. The first-order chi connectivity index (χ1) is 16.0. The number of carbonyl (C=O) groups excluding carboxylic acids is 1. The summed E-state index contributed by atoms with van der Waals surface area (Å²) in [5, 5.41) is 3.22. The van der Waals surface area contributed by atoms with E-state index in [-0.39, 0.29) is 18.6 Å². The van der Waals surface area contributed by atoms with E-state index in [4.69, 9.17) is 14.2 Å². The zero-order valence-corrected chi connectivity index (χ0v) is 19.1. The first kappa shape index (κ1) is 22.5. The minimum Gasteiger partial charge on any atom is -0.493 e. The summed E-state index contributed by atoms with van der Waals surface area (Å²) in [5.41, 5.74) is 2.74. The number of methoxy groups -OCH3 is 1. The van der Waals surface area contributed by atoms with Gasteiger partial charge in [-0.2, -0.15) is 0 Å². The van der Waals surface area contributed by atoms with E-state index >= 15 is 0 Å². The van der Waals surface area contributed by atoms with Gasteiger partial charge in [0.2, 0.25) is 0 Å². The Labute approximate surface area is 193 Å². The molecule has 4 rings (SSSR count). The minimum absolute atomic E-state index is 0.0693. The minimum atomic E-state index is -0.316. The van der Waals surface area contributed by atoms with Crippen molar-refractivity contribution >= 4 is 17.5 Å². The lowest BCUT2D eigenvalue weighted by atomic mass is 10.2. The highest BCUT2D eigenvalue weighted by atomic mass is 16.5. The van der Waals surface area contributed by atoms with Gasteiger partial charge in [-0.3, -0.25) is 4.79 Å². The van der Waals surface area contributed by atoms with Crippen LogP contribution in [0.5, 0.6) is 11.5 Å². The van der Waals surface area contributed by atoms with E-state index in [0.29, 0.717) is 37.0 Å². The summed E-state index contributed by atoms with van der Waals surface area (Å²) in [5.74, 6) is 2.45. The summed E-state index contributed by atoms with van der Waals surface area (Å²) in [7, 11) is 1.58. The molecule has 2 aromatic heterocycles. The van der Waals surface area contributed by atoms with Crippen molar-refractivity contribution in [1.82, 2.24) is 14.9 Å². The summed E-state index contributed by atoms with van der Waals surface area (Å²) in [6, 6.07) is 17.1. The topological polar surface area (TPSA) is 85.8 Å². The lowest BCUT2D eigenvalue weighted by molar-refractivity contribution is -0.141. The number of hydrogen-bond donors (Lipinski definition) is 1. The largest absolute Gasteiger partial charge is 0.493 e. The molecule has 172 valence electrons. The maximum absolute atomic E-state index is 12.8. The van der Waals surface area contributed by atoms with Gasteiger partial charge in [-0.05, 0) is 55.8 Å². The molecule has 33 heavy (non-hydrogen) atoms. The molecule has 8 heteroatoms. The van der Waals surface area contributed by atoms with Crippen LogP contribution in [-0.2, 0) is 9.53 Å². The number of nitrogens with zero attached hydrogens (tertiary/aromatic N) is 3. The quantitative estimate of drug-likeness (QED) is 0.588. The average Bonchev–Trinajstić information content (AvgIpc) is 2.83. The number of pyridine rings is 2. The van der Waals surface area contributed by atoms with Gasteiger partial charge in [-0.1, -0.05) is 18.2 Å². The van der Waals surface area contributed by atoms with E-state index < -0.39 is 0 Å². The van der Waals surface area contributed by atoms with Crippen LogP contribution in [0, 0.1) is 13.8 Å². The Kier molecular flexibility index (Phi) is 7.04. The van der Waals surface area contributed by atoms with E-state index in [2.05, 4.69) is 15.3 Å². The molecule has 0 unspecified atom stereocenters. The maximum Gasteiger partial charge on any atom is 0.260 e. The van der Waals surface area contributed by atoms with Crippen molar-refractivity contribution in [3.63, 3.8) is 0 Å². The number of aryl methyl sites for hydroxylation is 2. The van der Waals surface area contributed by atoms with Crippen LogP contribution in [0.25, 0.3) is 0 Å². The molecule has 0 bridgehead atoms. The predicted molar refractivity (Wildman–Crippen MR) is 125 cm³/mol. The number of hydrogen-bond acceptors (Lipinski definition) is 7. The number of carbonyl (C=O) groups is 1. The molecule has 0 saturated carbocycles. The average molecular weight is 449 g/mol. The molecule has 0 radical (unpaired) electrons. The van der Waals surface area contributed by atoms with Crippen molar-refractivity contribution in [2.75, 3.05) is 38.7 Å². The van der Waals surface area contributed by atoms with Crippen molar-refractivity contribution < 1.29 is 19.0 Å². The van der Waals surface area contributed by atoms with Crippen LogP contribution in [-0.4, -0.2) is 54.2 Å². The number of benzene rings is 1. The fraction of sp³-hybridized carbons (Fsp3) is 0.320. The lowest BCUT2D eigenvalue weighted by Gasteiger charge is -2.32. The standard InChI is InChI=1S/C25H28N4O4/c1-17-10-11-20(21(14-17)31-3)33-16-25(30)29-12-13-32-22(15-29)19-7-5-9-24(27-19)28-23-8-4-6-18(2)26-23/h4-11,14,22H,12-13,15-16H2,1-3H3,(H,26,27,28)/t22-/m0/s1. The normalized spacial score (nSPS) is 15.7. The Hall–Kier alpha value is -3.65. The highest BCUT2D eigenvalue weighted by molar-refractivity contribution is 5.78. The second-order valence-corrected chi connectivity index (χ2v) is 7.88. The third-order valence-corrected chi connectivity index (χ3v) is 5.33. The molecule has 1 aliphatic heterocycles. The van der Waals surface area contributed by atoms with Crippen LogP contribution in [0.15, 0.2) is 54.6 Å². The number of nitrogens with one attached hydrogen (secondary N) is 1. The molecule has 1 N–H and O–H groups in total. The molecule has 1 saturated heterocycles. The molecular weight excluding hydrogens is 420 g/mol. The van der Waals surface area contributed by atoms with Crippen LogP contribution < -0.4 is 14.8 Å². The smallest absolute Gasteiger partial charge is 0.260 e. The van der Waals surface area contributed by atoms with Crippen molar-refractivity contribution in [3.8, 4) is 11.5 Å². The van der Waals surface area contributed by atoms with E-state index in [0.717, 1.165) is 22.8 Å². The molecule has 0 spiro atoms. The third kappa shape index (κ3) is 5.78. The van der Waals surface area contributed by atoms with Gasteiger partial charge in [-0.25, -0.2) is 9.97 Å². The van der Waals surface area contributed by atoms with Crippen LogP contribution in [0.4, 0.5) is 11.6 Å². The summed E-state index contributed by atoms with van der Waals surface area (Å²) >= 11 is 0. The molecule has 1 atom stereocenters. The van der Waals surface area contributed by atoms with Gasteiger partial charge in [-0.15, -0.1) is 0 Å². The summed E-state index contributed by atoms with van der Waals surface area (Å²) < 4.78 is 17.0. The zero-order chi connectivity index (χ0) is 23.2. The van der Waals surface area contributed by atoms with Gasteiger partial charge >= 0.3 is 0 Å². The zero-order valence-electron chi connectivity index (χ0n) is 19.1. The highest BCUT2D eigenvalue weighted by Gasteiger charge is 2.27. The van der Waals surface area contributed by atoms with E-state index in [1.807, 2.05) is 68.4 Å². The third-order valence-electron chi connectivity index (χ3n) is 5.33. The number of ether oxygens (including phenoxy) is 3. The Bertz CT molecular complexity index is 1120. The van der Waals surface area contributed by atoms with Crippen molar-refractivity contribution in [2.24, 2.45) is 0 Å². The number of amides is 1. The Morgan fingerprint density at radius 2 is 1.88 bits per heavy atom. The summed E-state index contributed by atoms with van der Waals surface area (Å²) in [6.07, 6.45) is -0.316. The molecule has 1 amide bonds. The molecule has 8 nitrogen and oxygen atoms in total. The fourth-order valence-electron chi connectivity index (χ4n) is 3.62. The van der Waals surface area contributed by atoms with Crippen LogP contribution >= 0.6 is 0 Å². The SMILES string of the molecule is COc1cc(C)ccc1OCC(=O)N1CCO[C@H](c2cccc(Nc3cccc(C)n3)n2)C1. The molecule has 3 heterocycles. The number of rotatable bonds is 7. The molecule has 1 aliphatic rings. The Balaban J connectivity index is 1.38. The predicted octanol–water partition coefficient (Wildman–Crippen LogP) is 3.82. The van der Waals surface area contributed by atoms with Crippen molar-refractivity contribution in [2.45, 2.75) is 20.0 Å². The maximum atomic E-state index is 12.8. The monoisotopic (exact) mass is 448 g/mol. The van der Waals surface area contributed by atoms with Gasteiger partial charge in [0.25, 0.3) is 5.91 Å². The first-order valence-corrected chi connectivity index (χ1v) is 10.9. The summed E-state index contributed by atoms with van der Waals surface area (Å²) in [4.78, 5) is 23.7. The molecule has 0 aliphatic carbocycles. The molecule has 3 aromatic rings. The Morgan fingerprint density at radius 3 is 2.67 bits per heavy atom. The van der Waals surface area contributed by atoms with Gasteiger partial charge < -0.3 is 24.4 Å². The Morgan fingerprint density at radius 1 is 1.09 bits per heavy atom. The highest BCUT2D eigenvalue weighted by Crippen LogP contribution is 2.28. The lowest BCUT2D eigenvalue weighted by Crippen LogP contribution is -2.44. The molecular formula is C25H28N4O4. The van der Waals surface area contributed by atoms with Crippen molar-refractivity contribution in [1.29, 1.82) is 0 Å². The van der Waals surface area contributed by atoms with Crippen LogP contribution in [0.1, 0.15) is 23.1 Å². The molecule has 1 aromatic carbocycles. The van der Waals surface area contributed by atoms with Crippen LogP contribution in [0.3, 0.4) is 0 Å².